The number of hydrogen-bond acceptors (Lipinski definition) is 1. The summed E-state index contributed by atoms with van der Waals surface area (Å²) in [4.78, 5) is 0. The lowest BCUT2D eigenvalue weighted by Gasteiger charge is -2.25. The van der Waals surface area contributed by atoms with Gasteiger partial charge in [0.15, 0.2) is 0 Å². The van der Waals surface area contributed by atoms with Crippen LogP contribution in [-0.4, -0.2) is 11.7 Å². The Kier molecular flexibility index (Phi) is 2.22. The highest BCUT2D eigenvalue weighted by atomic mass is 16.3. The van der Waals surface area contributed by atoms with Gasteiger partial charge in [-0.15, -0.1) is 0 Å². The summed E-state index contributed by atoms with van der Waals surface area (Å²) >= 11 is 0. The summed E-state index contributed by atoms with van der Waals surface area (Å²) in [6.45, 7) is 0.379. The van der Waals surface area contributed by atoms with E-state index in [2.05, 4.69) is 12.2 Å². The smallest absolute Gasteiger partial charge is 0.0436 e. The molecule has 2 aliphatic rings. The minimum absolute atomic E-state index is 0.379. The lowest BCUT2D eigenvalue weighted by atomic mass is 9.80. The first-order valence-electron chi connectivity index (χ1n) is 5.15. The van der Waals surface area contributed by atoms with Crippen LogP contribution in [0.3, 0.4) is 0 Å². The SMILES string of the molecule is OCCC1(C2C=CCCC2)CC1. The summed E-state index contributed by atoms with van der Waals surface area (Å²) in [6, 6.07) is 0. The monoisotopic (exact) mass is 166 g/mol. The van der Waals surface area contributed by atoms with Crippen LogP contribution in [0.4, 0.5) is 0 Å². The summed E-state index contributed by atoms with van der Waals surface area (Å²) in [5.74, 6) is 0.790. The van der Waals surface area contributed by atoms with E-state index in [1.165, 1.54) is 32.1 Å². The van der Waals surface area contributed by atoms with Gasteiger partial charge in [-0.3, -0.25) is 0 Å². The van der Waals surface area contributed by atoms with Gasteiger partial charge in [0.05, 0.1) is 0 Å². The van der Waals surface area contributed by atoms with Gasteiger partial charge >= 0.3 is 0 Å². The fourth-order valence-corrected chi connectivity index (χ4v) is 2.51. The van der Waals surface area contributed by atoms with Crippen LogP contribution >= 0.6 is 0 Å². The van der Waals surface area contributed by atoms with Crippen molar-refractivity contribution >= 4 is 0 Å². The van der Waals surface area contributed by atoms with E-state index in [0.29, 0.717) is 12.0 Å². The highest BCUT2D eigenvalue weighted by molar-refractivity contribution is 5.08. The molecule has 1 unspecified atom stereocenters. The second-order valence-electron chi connectivity index (χ2n) is 4.30. The van der Waals surface area contributed by atoms with Gasteiger partial charge in [0.25, 0.3) is 0 Å². The maximum Gasteiger partial charge on any atom is 0.0436 e. The van der Waals surface area contributed by atoms with Crippen molar-refractivity contribution in [3.63, 3.8) is 0 Å². The summed E-state index contributed by atoms with van der Waals surface area (Å²) < 4.78 is 0. The number of rotatable bonds is 3. The van der Waals surface area contributed by atoms with Crippen LogP contribution in [-0.2, 0) is 0 Å². The fraction of sp³-hybridized carbons (Fsp3) is 0.818. The average Bonchev–Trinajstić information content (AvgIpc) is 2.88. The lowest BCUT2D eigenvalue weighted by molar-refractivity contribution is 0.213. The second-order valence-corrected chi connectivity index (χ2v) is 4.30. The molecule has 1 atom stereocenters. The summed E-state index contributed by atoms with van der Waals surface area (Å²) in [6.07, 6.45) is 12.4. The quantitative estimate of drug-likeness (QED) is 0.639. The first kappa shape index (κ1) is 8.31. The predicted molar refractivity (Wildman–Crippen MR) is 49.9 cm³/mol. The third-order valence-electron chi connectivity index (χ3n) is 3.54. The molecule has 1 heteroatoms. The Morgan fingerprint density at radius 2 is 2.25 bits per heavy atom. The van der Waals surface area contributed by atoms with Gasteiger partial charge in [0.2, 0.25) is 0 Å². The van der Waals surface area contributed by atoms with Crippen molar-refractivity contribution in [3.05, 3.63) is 12.2 Å². The Bertz CT molecular complexity index is 179. The summed E-state index contributed by atoms with van der Waals surface area (Å²) in [7, 11) is 0. The van der Waals surface area contributed by atoms with Gasteiger partial charge in [-0.2, -0.15) is 0 Å². The van der Waals surface area contributed by atoms with E-state index in [1.807, 2.05) is 0 Å². The van der Waals surface area contributed by atoms with Crippen molar-refractivity contribution in [1.29, 1.82) is 0 Å². The Hall–Kier alpha value is -0.300. The Labute approximate surface area is 74.5 Å². The van der Waals surface area contributed by atoms with E-state index < -0.39 is 0 Å². The minimum atomic E-state index is 0.379. The Morgan fingerprint density at radius 3 is 2.75 bits per heavy atom. The summed E-state index contributed by atoms with van der Waals surface area (Å²) in [5.41, 5.74) is 0.533. The predicted octanol–water partition coefficient (Wildman–Crippen LogP) is 2.51. The maximum atomic E-state index is 8.95. The summed E-state index contributed by atoms with van der Waals surface area (Å²) in [5, 5.41) is 8.95. The second kappa shape index (κ2) is 3.21. The molecule has 0 spiro atoms. The molecule has 12 heavy (non-hydrogen) atoms. The van der Waals surface area contributed by atoms with Crippen LogP contribution in [0.2, 0.25) is 0 Å². The highest BCUT2D eigenvalue weighted by Crippen LogP contribution is 2.57. The average molecular weight is 166 g/mol. The zero-order valence-corrected chi connectivity index (χ0v) is 7.63. The van der Waals surface area contributed by atoms with Crippen LogP contribution in [0.5, 0.6) is 0 Å². The van der Waals surface area contributed by atoms with E-state index in [4.69, 9.17) is 5.11 Å². The molecule has 68 valence electrons. The highest BCUT2D eigenvalue weighted by Gasteiger charge is 2.47. The number of hydrogen-bond donors (Lipinski definition) is 1. The molecule has 0 aromatic heterocycles. The molecular formula is C11H18O. The molecule has 2 aliphatic carbocycles. The first-order chi connectivity index (χ1) is 5.87. The molecule has 0 amide bonds. The number of allylic oxidation sites excluding steroid dienone is 2. The lowest BCUT2D eigenvalue weighted by Crippen LogP contribution is -2.17. The van der Waals surface area contributed by atoms with E-state index in [-0.39, 0.29) is 0 Å². The molecule has 0 radical (unpaired) electrons. The molecule has 0 aromatic rings. The maximum absolute atomic E-state index is 8.95. The largest absolute Gasteiger partial charge is 0.396 e. The molecule has 0 bridgehead atoms. The van der Waals surface area contributed by atoms with Crippen LogP contribution in [0.25, 0.3) is 0 Å². The fourth-order valence-electron chi connectivity index (χ4n) is 2.51. The third kappa shape index (κ3) is 1.42. The van der Waals surface area contributed by atoms with Gasteiger partial charge in [0.1, 0.15) is 0 Å². The van der Waals surface area contributed by atoms with Crippen LogP contribution in [0, 0.1) is 11.3 Å². The first-order valence-corrected chi connectivity index (χ1v) is 5.15. The van der Waals surface area contributed by atoms with Crippen LogP contribution in [0.1, 0.15) is 38.5 Å². The Morgan fingerprint density at radius 1 is 1.42 bits per heavy atom. The van der Waals surface area contributed by atoms with Gasteiger partial charge in [0, 0.05) is 6.61 Å². The molecule has 2 rings (SSSR count). The minimum Gasteiger partial charge on any atom is -0.396 e. The molecule has 0 saturated heterocycles. The van der Waals surface area contributed by atoms with Crippen LogP contribution in [0.15, 0.2) is 12.2 Å². The van der Waals surface area contributed by atoms with E-state index >= 15 is 0 Å². The molecule has 1 saturated carbocycles. The van der Waals surface area contributed by atoms with Gasteiger partial charge in [-0.05, 0) is 49.9 Å². The topological polar surface area (TPSA) is 20.2 Å². The molecule has 1 nitrogen and oxygen atoms in total. The third-order valence-corrected chi connectivity index (χ3v) is 3.54. The van der Waals surface area contributed by atoms with Crippen molar-refractivity contribution in [1.82, 2.24) is 0 Å². The zero-order chi connectivity index (χ0) is 8.44. The number of aliphatic hydroxyl groups excluding tert-OH is 1. The van der Waals surface area contributed by atoms with Gasteiger partial charge in [-0.1, -0.05) is 12.2 Å². The van der Waals surface area contributed by atoms with Crippen molar-refractivity contribution < 1.29 is 5.11 Å². The molecular weight excluding hydrogens is 148 g/mol. The van der Waals surface area contributed by atoms with Crippen molar-refractivity contribution in [2.45, 2.75) is 38.5 Å². The van der Waals surface area contributed by atoms with Gasteiger partial charge < -0.3 is 5.11 Å². The standard InChI is InChI=1S/C11H18O/c12-9-8-11(6-7-11)10-4-2-1-3-5-10/h2,4,10,12H,1,3,5-9H2. The molecule has 1 fully saturated rings. The van der Waals surface area contributed by atoms with Crippen molar-refractivity contribution in [3.8, 4) is 0 Å². The normalized spacial score (nSPS) is 31.9. The van der Waals surface area contributed by atoms with Crippen molar-refractivity contribution in [2.24, 2.45) is 11.3 Å². The molecule has 0 aliphatic heterocycles. The van der Waals surface area contributed by atoms with Gasteiger partial charge in [-0.25, -0.2) is 0 Å². The van der Waals surface area contributed by atoms with E-state index in [1.54, 1.807) is 0 Å². The number of aliphatic hydroxyl groups is 1. The molecule has 1 N–H and O–H groups in total. The Balaban J connectivity index is 1.97. The molecule has 0 heterocycles. The van der Waals surface area contributed by atoms with E-state index in [0.717, 1.165) is 12.3 Å². The van der Waals surface area contributed by atoms with Crippen LogP contribution < -0.4 is 0 Å². The molecule has 0 aromatic carbocycles. The zero-order valence-electron chi connectivity index (χ0n) is 7.63. The van der Waals surface area contributed by atoms with Crippen molar-refractivity contribution in [2.75, 3.05) is 6.61 Å². The van der Waals surface area contributed by atoms with E-state index in [9.17, 15) is 0 Å².